The van der Waals surface area contributed by atoms with Crippen LogP contribution in [0.2, 0.25) is 0 Å². The van der Waals surface area contributed by atoms with Crippen LogP contribution in [0.15, 0.2) is 71.7 Å². The van der Waals surface area contributed by atoms with Crippen LogP contribution < -0.4 is 11.5 Å². The van der Waals surface area contributed by atoms with Crippen molar-refractivity contribution >= 4 is 68.7 Å². The minimum atomic E-state index is -1.35. The number of alkyl halides is 1. The van der Waals surface area contributed by atoms with Crippen molar-refractivity contribution in [1.29, 1.82) is 0 Å². The van der Waals surface area contributed by atoms with Crippen LogP contribution >= 0.6 is 58.7 Å². The fraction of sp³-hybridized carbons (Fsp3) is 0.167. The summed E-state index contributed by atoms with van der Waals surface area (Å²) in [7, 11) is 0. The topological polar surface area (TPSA) is 139 Å². The largest absolute Gasteiger partial charge is 0.397 e. The van der Waals surface area contributed by atoms with Crippen LogP contribution in [0.3, 0.4) is 0 Å². The number of aliphatic hydroxyl groups excluding tert-OH is 2. The number of benzene rings is 2. The number of rotatable bonds is 5. The van der Waals surface area contributed by atoms with Gasteiger partial charge in [0, 0.05) is 52.0 Å². The molecule has 0 fully saturated rings. The Hall–Kier alpha value is -2.35. The maximum absolute atomic E-state index is 7.78. The van der Waals surface area contributed by atoms with Gasteiger partial charge >= 0.3 is 0 Å². The first kappa shape index (κ1) is 31.7. The molecule has 2 aromatic heterocycles. The second-order valence-electron chi connectivity index (χ2n) is 6.52. The second-order valence-corrected chi connectivity index (χ2v) is 9.49. The molecule has 36 heavy (non-hydrogen) atoms. The number of thiocarbonyl (C=S) groups is 2. The molecule has 2 heterocycles. The summed E-state index contributed by atoms with van der Waals surface area (Å²) < 4.78 is 0. The van der Waals surface area contributed by atoms with Crippen molar-refractivity contribution in [1.82, 2.24) is 9.97 Å². The van der Waals surface area contributed by atoms with E-state index in [1.165, 1.54) is 0 Å². The Kier molecular flexibility index (Phi) is 15.8. The predicted molar refractivity (Wildman–Crippen MR) is 159 cm³/mol. The van der Waals surface area contributed by atoms with Crippen molar-refractivity contribution in [2.45, 2.75) is 13.2 Å². The van der Waals surface area contributed by atoms with Crippen LogP contribution in [0.25, 0.3) is 21.1 Å². The van der Waals surface area contributed by atoms with E-state index in [2.05, 4.69) is 28.2 Å². The molecule has 0 radical (unpaired) electrons. The fourth-order valence-electron chi connectivity index (χ4n) is 2.34. The normalized spacial score (nSPS) is 9.61. The first-order chi connectivity index (χ1) is 17.2. The van der Waals surface area contributed by atoms with E-state index >= 15 is 0 Å². The molecule has 0 saturated heterocycles. The Morgan fingerprint density at radius 2 is 1.28 bits per heavy atom. The van der Waals surface area contributed by atoms with Crippen molar-refractivity contribution in [2.75, 3.05) is 12.5 Å². The van der Waals surface area contributed by atoms with Crippen LogP contribution in [0.1, 0.15) is 18.1 Å². The monoisotopic (exact) mass is 582 g/mol. The number of nitrogens with zero attached hydrogens (tertiary/aromatic N) is 2. The lowest BCUT2D eigenvalue weighted by molar-refractivity contribution is -0.0198. The van der Waals surface area contributed by atoms with E-state index in [0.717, 1.165) is 32.3 Å². The zero-order valence-corrected chi connectivity index (χ0v) is 23.3. The molecule has 192 valence electrons. The van der Waals surface area contributed by atoms with Gasteiger partial charge in [-0.2, -0.15) is 0 Å². The van der Waals surface area contributed by atoms with Crippen LogP contribution in [0.5, 0.6) is 0 Å². The first-order valence-corrected chi connectivity index (χ1v) is 13.5. The van der Waals surface area contributed by atoms with Gasteiger partial charge in [-0.25, -0.2) is 9.97 Å². The molecule has 12 heteroatoms. The summed E-state index contributed by atoms with van der Waals surface area (Å²) in [4.78, 5) is 9.33. The molecule has 7 nitrogen and oxygen atoms in total. The van der Waals surface area contributed by atoms with Gasteiger partial charge in [0.25, 0.3) is 0 Å². The minimum absolute atomic E-state index is 0.111. The van der Waals surface area contributed by atoms with Crippen molar-refractivity contribution in [3.63, 3.8) is 0 Å². The van der Waals surface area contributed by atoms with Gasteiger partial charge in [-0.15, -0.1) is 34.3 Å². The van der Waals surface area contributed by atoms with E-state index in [1.807, 2.05) is 47.4 Å². The van der Waals surface area contributed by atoms with Crippen LogP contribution in [0, 0.1) is 0 Å². The molecule has 0 aliphatic rings. The molecule has 0 spiro atoms. The lowest BCUT2D eigenvalue weighted by atomic mass is 10.1. The molecule has 2 aromatic carbocycles. The standard InChI is InChI=1S/C12H8N2S2.C8H8N2S2.C2H5ClO2.C2H6O/c1-2-9(11-13-4-6-15-11)8-10(3-1)12-14-5-7-16-12;9-7(11)5-2-1-3-6(4-5)8(10)12;3-1-2(4)5;1-2-3/h1-8H;1-4H,(H2,9,11)(H2,10,12);2,4-5H,1H2;3H,2H2,1H3. The van der Waals surface area contributed by atoms with Gasteiger partial charge in [0.05, 0.1) is 5.88 Å². The van der Waals surface area contributed by atoms with Gasteiger partial charge in [0.2, 0.25) is 0 Å². The summed E-state index contributed by atoms with van der Waals surface area (Å²) in [6, 6.07) is 15.6. The van der Waals surface area contributed by atoms with Crippen LogP contribution in [0.4, 0.5) is 0 Å². The minimum Gasteiger partial charge on any atom is -0.397 e. The SMILES string of the molecule is CCO.NC(=S)c1cccc(C(N)=S)c1.OC(O)CCl.c1cc(-c2nccs2)cc(-c2nccs2)c1. The summed E-state index contributed by atoms with van der Waals surface area (Å²) in [5, 5.41) is 29.2. The number of aliphatic hydroxyl groups is 3. The van der Waals surface area contributed by atoms with Gasteiger partial charge in [-0.05, 0) is 19.1 Å². The number of halogens is 1. The van der Waals surface area contributed by atoms with E-state index in [1.54, 1.807) is 35.7 Å². The lowest BCUT2D eigenvalue weighted by Gasteiger charge is -2.00. The van der Waals surface area contributed by atoms with Crippen LogP contribution in [-0.2, 0) is 0 Å². The molecule has 0 saturated carbocycles. The molecule has 0 atom stereocenters. The smallest absolute Gasteiger partial charge is 0.165 e. The summed E-state index contributed by atoms with van der Waals surface area (Å²) in [6.45, 7) is 1.93. The van der Waals surface area contributed by atoms with Gasteiger partial charge < -0.3 is 26.8 Å². The van der Waals surface area contributed by atoms with Crippen molar-refractivity contribution in [3.05, 3.63) is 82.8 Å². The third-order valence-corrected chi connectivity index (χ3v) is 6.18. The second kappa shape index (κ2) is 18.0. The maximum atomic E-state index is 7.78. The Morgan fingerprint density at radius 1 is 0.889 bits per heavy atom. The van der Waals surface area contributed by atoms with E-state index < -0.39 is 6.29 Å². The van der Waals surface area contributed by atoms with E-state index in [-0.39, 0.29) is 12.5 Å². The predicted octanol–water partition coefficient (Wildman–Crippen LogP) is 4.42. The van der Waals surface area contributed by atoms with E-state index in [9.17, 15) is 0 Å². The highest BCUT2D eigenvalue weighted by Crippen LogP contribution is 2.28. The number of thiazole rings is 2. The number of aromatic nitrogens is 2. The molecule has 0 aliphatic carbocycles. The quantitative estimate of drug-likeness (QED) is 0.131. The summed E-state index contributed by atoms with van der Waals surface area (Å²) >= 11 is 17.7. The van der Waals surface area contributed by atoms with Gasteiger partial charge in [-0.3, -0.25) is 0 Å². The third-order valence-electron chi connectivity index (χ3n) is 3.79. The third kappa shape index (κ3) is 12.1. The molecule has 4 rings (SSSR count). The summed E-state index contributed by atoms with van der Waals surface area (Å²) in [5.41, 5.74) is 14.7. The lowest BCUT2D eigenvalue weighted by Crippen LogP contribution is -2.13. The highest BCUT2D eigenvalue weighted by atomic mass is 35.5. The highest BCUT2D eigenvalue weighted by Gasteiger charge is 2.04. The van der Waals surface area contributed by atoms with Gasteiger partial charge in [-0.1, -0.05) is 60.8 Å². The number of nitrogens with two attached hydrogens (primary N) is 2. The highest BCUT2D eigenvalue weighted by molar-refractivity contribution is 7.81. The van der Waals surface area contributed by atoms with Crippen molar-refractivity contribution in [3.8, 4) is 21.1 Å². The Balaban J connectivity index is 0.000000286. The number of hydrogen-bond acceptors (Lipinski definition) is 9. The van der Waals surface area contributed by atoms with Crippen LogP contribution in [-0.4, -0.2) is 54.0 Å². The molecule has 7 N–H and O–H groups in total. The van der Waals surface area contributed by atoms with E-state index in [4.69, 9.17) is 62.8 Å². The maximum Gasteiger partial charge on any atom is 0.165 e. The van der Waals surface area contributed by atoms with E-state index in [0.29, 0.717) is 9.98 Å². The average molecular weight is 583 g/mol. The zero-order chi connectivity index (χ0) is 26.9. The molecule has 0 amide bonds. The zero-order valence-electron chi connectivity index (χ0n) is 19.3. The molecule has 0 bridgehead atoms. The van der Waals surface area contributed by atoms with Gasteiger partial charge in [0.1, 0.15) is 20.0 Å². The molecule has 0 unspecified atom stereocenters. The number of hydrogen-bond donors (Lipinski definition) is 5. The molecular formula is C24H27ClN4O3S4. The average Bonchev–Trinajstić information content (AvgIpc) is 3.60. The first-order valence-electron chi connectivity index (χ1n) is 10.4. The molecule has 0 aliphatic heterocycles. The summed E-state index contributed by atoms with van der Waals surface area (Å²) in [6.07, 6.45) is 2.31. The van der Waals surface area contributed by atoms with Crippen molar-refractivity contribution in [2.24, 2.45) is 11.5 Å². The van der Waals surface area contributed by atoms with Gasteiger partial charge in [0.15, 0.2) is 6.29 Å². The fourth-order valence-corrected chi connectivity index (χ4v) is 3.87. The summed E-state index contributed by atoms with van der Waals surface area (Å²) in [5.74, 6) is -0.111. The molecular weight excluding hydrogens is 556 g/mol. The molecule has 4 aromatic rings. The Bertz CT molecular complexity index is 1100. The Labute approximate surface area is 234 Å². The Morgan fingerprint density at radius 3 is 1.58 bits per heavy atom. The van der Waals surface area contributed by atoms with Crippen molar-refractivity contribution < 1.29 is 15.3 Å².